The van der Waals surface area contributed by atoms with Crippen LogP contribution in [0, 0.1) is 17.6 Å². The Hall–Kier alpha value is -4.69. The Morgan fingerprint density at radius 1 is 1.06 bits per heavy atom. The van der Waals surface area contributed by atoms with Crippen LogP contribution in [0.2, 0.25) is 0 Å². The van der Waals surface area contributed by atoms with E-state index in [4.69, 9.17) is 9.47 Å². The first-order chi connectivity index (χ1) is 24.3. The van der Waals surface area contributed by atoms with Crippen molar-refractivity contribution in [3.8, 4) is 0 Å². The molecule has 2 fully saturated rings. The van der Waals surface area contributed by atoms with Crippen LogP contribution in [-0.4, -0.2) is 70.6 Å². The Labute approximate surface area is 291 Å². The SMILES string of the molecule is CCOC(=O)[C@@]12C[C@H]1C=CCCCCC[C@H](Nc1ccc(F)c(C(F)(F)F)c1)C(=O)N1C[C@H](OC(=O)N3Cc4cccc(F)c4C3)C[C@H]1C(=O)N2. The van der Waals surface area contributed by atoms with Crippen molar-refractivity contribution < 1.29 is 50.6 Å². The molecule has 1 saturated heterocycles. The average Bonchev–Trinajstić information content (AvgIpc) is 3.38. The third-order valence-electron chi connectivity index (χ3n) is 9.94. The summed E-state index contributed by atoms with van der Waals surface area (Å²) in [7, 11) is 0. The molecule has 2 aromatic rings. The summed E-state index contributed by atoms with van der Waals surface area (Å²) in [5.74, 6) is -4.20. The lowest BCUT2D eigenvalue weighted by atomic mass is 10.0. The number of carbonyl (C=O) groups excluding carboxylic acids is 4. The highest BCUT2D eigenvalue weighted by Gasteiger charge is 2.62. The van der Waals surface area contributed by atoms with Gasteiger partial charge in [-0.05, 0) is 62.4 Å². The summed E-state index contributed by atoms with van der Waals surface area (Å²) < 4.78 is 80.2. The van der Waals surface area contributed by atoms with Gasteiger partial charge in [-0.2, -0.15) is 13.2 Å². The van der Waals surface area contributed by atoms with Crippen molar-refractivity contribution in [3.63, 3.8) is 0 Å². The van der Waals surface area contributed by atoms with E-state index in [1.54, 1.807) is 19.1 Å². The number of benzene rings is 2. The van der Waals surface area contributed by atoms with Crippen LogP contribution in [0.1, 0.15) is 68.6 Å². The van der Waals surface area contributed by atoms with Gasteiger partial charge in [-0.1, -0.05) is 37.1 Å². The van der Waals surface area contributed by atoms with Crippen molar-refractivity contribution in [1.82, 2.24) is 15.1 Å². The van der Waals surface area contributed by atoms with E-state index in [2.05, 4.69) is 10.6 Å². The van der Waals surface area contributed by atoms with Gasteiger partial charge in [-0.3, -0.25) is 14.5 Å². The number of nitrogens with one attached hydrogen (secondary N) is 2. The molecule has 10 nitrogen and oxygen atoms in total. The molecule has 3 aliphatic heterocycles. The van der Waals surface area contributed by atoms with Crippen molar-refractivity contribution in [2.75, 3.05) is 18.5 Å². The highest BCUT2D eigenvalue weighted by atomic mass is 19.4. The number of rotatable bonds is 5. The predicted octanol–water partition coefficient (Wildman–Crippen LogP) is 5.84. The summed E-state index contributed by atoms with van der Waals surface area (Å²) >= 11 is 0. The molecule has 5 atom stereocenters. The van der Waals surface area contributed by atoms with Crippen molar-refractivity contribution in [2.24, 2.45) is 5.92 Å². The molecule has 15 heteroatoms. The van der Waals surface area contributed by atoms with E-state index < -0.39 is 71.0 Å². The van der Waals surface area contributed by atoms with Gasteiger partial charge in [-0.15, -0.1) is 0 Å². The molecule has 2 N–H and O–H groups in total. The maximum Gasteiger partial charge on any atom is 0.419 e. The number of fused-ring (bicyclic) bond motifs is 3. The Balaban J connectivity index is 1.27. The van der Waals surface area contributed by atoms with E-state index in [1.165, 1.54) is 15.9 Å². The first-order valence-corrected chi connectivity index (χ1v) is 17.1. The predicted molar refractivity (Wildman–Crippen MR) is 173 cm³/mol. The molecule has 0 aromatic heterocycles. The third kappa shape index (κ3) is 7.66. The van der Waals surface area contributed by atoms with E-state index >= 15 is 0 Å². The van der Waals surface area contributed by atoms with E-state index in [-0.39, 0.29) is 57.1 Å². The molecule has 3 amide bonds. The van der Waals surface area contributed by atoms with E-state index in [1.807, 2.05) is 12.2 Å². The smallest absolute Gasteiger partial charge is 0.419 e. The fourth-order valence-electron chi connectivity index (χ4n) is 7.15. The number of allylic oxidation sites excluding steroid dienone is 1. The topological polar surface area (TPSA) is 117 Å². The van der Waals surface area contributed by atoms with Gasteiger partial charge < -0.3 is 25.0 Å². The van der Waals surface area contributed by atoms with Crippen LogP contribution in [0.3, 0.4) is 0 Å². The van der Waals surface area contributed by atoms with Crippen molar-refractivity contribution in [3.05, 3.63) is 76.9 Å². The maximum absolute atomic E-state index is 14.4. The van der Waals surface area contributed by atoms with Gasteiger partial charge in [0.05, 0.1) is 25.3 Å². The van der Waals surface area contributed by atoms with E-state index in [0.29, 0.717) is 42.5 Å². The summed E-state index contributed by atoms with van der Waals surface area (Å²) in [4.78, 5) is 57.3. The zero-order chi connectivity index (χ0) is 36.5. The number of anilines is 1. The van der Waals surface area contributed by atoms with Crippen LogP contribution in [-0.2, 0) is 43.1 Å². The number of halogens is 5. The number of hydrogen-bond donors (Lipinski definition) is 2. The average molecular weight is 719 g/mol. The van der Waals surface area contributed by atoms with Crippen molar-refractivity contribution in [1.29, 1.82) is 0 Å². The third-order valence-corrected chi connectivity index (χ3v) is 9.94. The minimum Gasteiger partial charge on any atom is -0.464 e. The quantitative estimate of drug-likeness (QED) is 0.227. The Morgan fingerprint density at radius 2 is 1.86 bits per heavy atom. The number of hydrogen-bond acceptors (Lipinski definition) is 7. The van der Waals surface area contributed by atoms with Crippen LogP contribution in [0.4, 0.5) is 32.4 Å². The molecule has 0 spiro atoms. The summed E-state index contributed by atoms with van der Waals surface area (Å²) in [6.45, 7) is 1.57. The number of amides is 3. The number of ether oxygens (including phenoxy) is 2. The molecule has 1 saturated carbocycles. The lowest BCUT2D eigenvalue weighted by Crippen LogP contribution is -2.55. The van der Waals surface area contributed by atoms with E-state index in [0.717, 1.165) is 12.5 Å². The Morgan fingerprint density at radius 3 is 2.61 bits per heavy atom. The molecule has 0 radical (unpaired) electrons. The van der Waals surface area contributed by atoms with Crippen LogP contribution in [0.25, 0.3) is 0 Å². The van der Waals surface area contributed by atoms with Crippen LogP contribution in [0.5, 0.6) is 0 Å². The lowest BCUT2D eigenvalue weighted by molar-refractivity contribution is -0.150. The number of carbonyl (C=O) groups is 4. The van der Waals surface area contributed by atoms with Crippen LogP contribution >= 0.6 is 0 Å². The highest BCUT2D eigenvalue weighted by Crippen LogP contribution is 2.46. The lowest BCUT2D eigenvalue weighted by Gasteiger charge is -2.30. The van der Waals surface area contributed by atoms with E-state index in [9.17, 15) is 41.1 Å². The largest absolute Gasteiger partial charge is 0.464 e. The zero-order valence-corrected chi connectivity index (χ0v) is 27.9. The first kappa shape index (κ1) is 36.1. The first-order valence-electron chi connectivity index (χ1n) is 17.1. The second-order valence-corrected chi connectivity index (χ2v) is 13.4. The minimum atomic E-state index is -4.98. The maximum atomic E-state index is 14.4. The fraction of sp³-hybridized carbons (Fsp3) is 0.500. The van der Waals surface area contributed by atoms with Crippen molar-refractivity contribution >= 4 is 29.6 Å². The normalized spacial score (nSPS) is 26.6. The Kier molecular flexibility index (Phi) is 10.3. The van der Waals surface area contributed by atoms with Crippen molar-refractivity contribution in [2.45, 2.75) is 94.9 Å². The second-order valence-electron chi connectivity index (χ2n) is 13.4. The number of nitrogens with zero attached hydrogens (tertiary/aromatic N) is 2. The van der Waals surface area contributed by atoms with Gasteiger partial charge >= 0.3 is 18.2 Å². The van der Waals surface area contributed by atoms with Gasteiger partial charge in [0.2, 0.25) is 11.8 Å². The summed E-state index contributed by atoms with van der Waals surface area (Å²) in [6, 6.07) is 4.53. The molecule has 274 valence electrons. The number of esters is 1. The van der Waals surface area contributed by atoms with Gasteiger partial charge in [0.15, 0.2) is 0 Å². The van der Waals surface area contributed by atoms with Crippen LogP contribution in [0.15, 0.2) is 48.6 Å². The molecular formula is C36H39F5N4O6. The zero-order valence-electron chi connectivity index (χ0n) is 27.9. The fourth-order valence-corrected chi connectivity index (χ4v) is 7.15. The molecular weight excluding hydrogens is 679 g/mol. The number of alkyl halides is 3. The minimum absolute atomic E-state index is 0.0271. The summed E-state index contributed by atoms with van der Waals surface area (Å²) in [5.41, 5.74) is -2.00. The van der Waals surface area contributed by atoms with Gasteiger partial charge in [0.25, 0.3) is 0 Å². The molecule has 51 heavy (non-hydrogen) atoms. The molecule has 4 aliphatic rings. The van der Waals surface area contributed by atoms with Crippen LogP contribution < -0.4 is 10.6 Å². The Bertz CT molecular complexity index is 1720. The second kappa shape index (κ2) is 14.5. The molecule has 0 bridgehead atoms. The molecule has 0 unspecified atom stereocenters. The molecule has 2 aromatic carbocycles. The summed E-state index contributed by atoms with van der Waals surface area (Å²) in [6.07, 6.45) is -0.0694. The monoisotopic (exact) mass is 718 g/mol. The summed E-state index contributed by atoms with van der Waals surface area (Å²) in [5, 5.41) is 5.65. The molecule has 1 aliphatic carbocycles. The molecule has 3 heterocycles. The van der Waals surface area contributed by atoms with Gasteiger partial charge in [0.1, 0.15) is 35.4 Å². The standard InChI is InChI=1S/C36H39F5N4O6/c1-2-50-33(48)35-17-22(35)10-6-4-3-5-7-12-29(42-23-13-14-28(38)26(15-23)36(39,40)41)32(47)45-19-24(16-30(45)31(46)43-35)51-34(49)44-18-21-9-8-11-27(37)25(21)20-44/h6,8-11,13-15,22,24,29-30,42H,2-5,7,12,16-20H2,1H3,(H,43,46)/t22-,24-,29+,30+,35-/m1/s1. The molecule has 6 rings (SSSR count). The highest BCUT2D eigenvalue weighted by molar-refractivity contribution is 5.96. The van der Waals surface area contributed by atoms with Gasteiger partial charge in [0, 0.05) is 30.1 Å². The van der Waals surface area contributed by atoms with Gasteiger partial charge in [-0.25, -0.2) is 18.4 Å².